The van der Waals surface area contributed by atoms with Crippen LogP contribution in [-0.4, -0.2) is 45.7 Å². The minimum atomic E-state index is -0.620. The van der Waals surface area contributed by atoms with E-state index in [1.807, 2.05) is 25.7 Å². The predicted molar refractivity (Wildman–Crippen MR) is 134 cm³/mol. The molecule has 1 aromatic rings. The minimum Gasteiger partial charge on any atom is -0.492 e. The molecule has 2 aliphatic rings. The molecule has 0 radical (unpaired) electrons. The highest BCUT2D eigenvalue weighted by Crippen LogP contribution is 2.45. The second-order valence-corrected chi connectivity index (χ2v) is 11.1. The number of carbonyl (C=O) groups is 1. The summed E-state index contributed by atoms with van der Waals surface area (Å²) in [5.74, 6) is 2.17. The zero-order valence-electron chi connectivity index (χ0n) is 20.4. The van der Waals surface area contributed by atoms with Crippen molar-refractivity contribution in [2.45, 2.75) is 84.3 Å². The van der Waals surface area contributed by atoms with Crippen LogP contribution in [0.5, 0.6) is 0 Å². The van der Waals surface area contributed by atoms with Gasteiger partial charge in [-0.15, -0.1) is 0 Å². The van der Waals surface area contributed by atoms with Gasteiger partial charge < -0.3 is 14.7 Å². The third kappa shape index (κ3) is 6.23. The predicted octanol–water partition coefficient (Wildman–Crippen LogP) is 6.14. The van der Waals surface area contributed by atoms with Crippen LogP contribution in [0.25, 0.3) is 5.76 Å². The van der Waals surface area contributed by atoms with Crippen molar-refractivity contribution >= 4 is 34.9 Å². The van der Waals surface area contributed by atoms with Gasteiger partial charge in [0.05, 0.1) is 28.7 Å². The number of nitrogens with zero attached hydrogens (tertiary/aromatic N) is 2. The lowest BCUT2D eigenvalue weighted by Gasteiger charge is -2.50. The van der Waals surface area contributed by atoms with Crippen LogP contribution in [0, 0.1) is 17.8 Å². The van der Waals surface area contributed by atoms with Crippen LogP contribution < -0.4 is 0 Å². The molecule has 3 rings (SSSR count). The summed E-state index contributed by atoms with van der Waals surface area (Å²) in [6.45, 7) is 12.9. The number of ether oxygens (including phenoxy) is 1. The molecule has 4 unspecified atom stereocenters. The van der Waals surface area contributed by atoms with Gasteiger partial charge in [-0.25, -0.2) is 4.98 Å². The number of aliphatic hydroxyl groups is 1. The summed E-state index contributed by atoms with van der Waals surface area (Å²) in [5.41, 5.74) is 0.388. The van der Waals surface area contributed by atoms with Crippen LogP contribution >= 0.6 is 23.2 Å². The van der Waals surface area contributed by atoms with Gasteiger partial charge in [-0.2, -0.15) is 0 Å². The standard InChI is InChI=1S/C26H38Cl2N2O3/c1-6-33-17(3)25-24(28)21(22(27)15-29-25)14-23(31)30-13-11-20-18(10-12-26(4,5)32)8-7-9-19(20)16(30)2/h15-16,18-20,32H,3,6-14H2,1-2,4-5H3. The van der Waals surface area contributed by atoms with Gasteiger partial charge in [-0.05, 0) is 71.1 Å². The highest BCUT2D eigenvalue weighted by molar-refractivity contribution is 6.37. The summed E-state index contributed by atoms with van der Waals surface area (Å²) in [7, 11) is 0. The molecule has 1 aliphatic heterocycles. The molecule has 0 bridgehead atoms. The number of piperidine rings is 1. The molecular weight excluding hydrogens is 459 g/mol. The third-order valence-corrected chi connectivity index (χ3v) is 8.24. The first-order chi connectivity index (χ1) is 15.5. The molecule has 1 saturated carbocycles. The van der Waals surface area contributed by atoms with Gasteiger partial charge in [-0.1, -0.05) is 42.6 Å². The Kier molecular flexibility index (Phi) is 8.74. The Hall–Kier alpha value is -1.30. The SMILES string of the molecule is C=C(OCC)c1ncc(Cl)c(CC(=O)N2CCC3C(CCC(C)(C)O)CCCC3C2C)c1Cl. The lowest BCUT2D eigenvalue weighted by atomic mass is 9.64. The zero-order valence-corrected chi connectivity index (χ0v) is 21.9. The van der Waals surface area contributed by atoms with E-state index in [-0.39, 0.29) is 18.4 Å². The van der Waals surface area contributed by atoms with Gasteiger partial charge in [0, 0.05) is 24.3 Å². The number of aromatic nitrogens is 1. The van der Waals surface area contributed by atoms with Crippen LogP contribution in [0.4, 0.5) is 0 Å². The number of carbonyl (C=O) groups excluding carboxylic acids is 1. The fourth-order valence-corrected chi connectivity index (χ4v) is 6.35. The highest BCUT2D eigenvalue weighted by Gasteiger charge is 2.42. The maximum absolute atomic E-state index is 13.4. The Bertz CT molecular complexity index is 868. The van der Waals surface area contributed by atoms with Crippen LogP contribution in [0.1, 0.15) is 77.5 Å². The molecule has 7 heteroatoms. The second kappa shape index (κ2) is 11.0. The monoisotopic (exact) mass is 496 g/mol. The van der Waals surface area contributed by atoms with E-state index in [9.17, 15) is 9.90 Å². The summed E-state index contributed by atoms with van der Waals surface area (Å²) in [6, 6.07) is 0.179. The van der Waals surface area contributed by atoms with Crippen LogP contribution in [0.2, 0.25) is 10.0 Å². The van der Waals surface area contributed by atoms with Gasteiger partial charge >= 0.3 is 0 Å². The zero-order chi connectivity index (χ0) is 24.3. The van der Waals surface area contributed by atoms with Crippen molar-refractivity contribution in [3.8, 4) is 0 Å². The molecule has 2 heterocycles. The first-order valence-electron chi connectivity index (χ1n) is 12.2. The number of fused-ring (bicyclic) bond motifs is 1. The van der Waals surface area contributed by atoms with E-state index in [0.29, 0.717) is 51.4 Å². The van der Waals surface area contributed by atoms with E-state index >= 15 is 0 Å². The lowest BCUT2D eigenvalue weighted by molar-refractivity contribution is -0.138. The van der Waals surface area contributed by atoms with Gasteiger partial charge in [0.1, 0.15) is 11.5 Å². The summed E-state index contributed by atoms with van der Waals surface area (Å²) >= 11 is 13.0. The van der Waals surface area contributed by atoms with Crippen molar-refractivity contribution in [1.29, 1.82) is 0 Å². The lowest BCUT2D eigenvalue weighted by Crippen LogP contribution is -2.53. The Balaban J connectivity index is 1.71. The summed E-state index contributed by atoms with van der Waals surface area (Å²) < 4.78 is 5.46. The van der Waals surface area contributed by atoms with Crippen LogP contribution in [0.3, 0.4) is 0 Å². The van der Waals surface area contributed by atoms with E-state index < -0.39 is 5.60 Å². The molecule has 1 N–H and O–H groups in total. The van der Waals surface area contributed by atoms with Crippen molar-refractivity contribution in [2.24, 2.45) is 17.8 Å². The average Bonchev–Trinajstić information content (AvgIpc) is 2.75. The number of likely N-dealkylation sites (tertiary alicyclic amines) is 1. The van der Waals surface area contributed by atoms with Crippen molar-refractivity contribution < 1.29 is 14.6 Å². The highest BCUT2D eigenvalue weighted by atomic mass is 35.5. The molecule has 4 atom stereocenters. The smallest absolute Gasteiger partial charge is 0.227 e. The molecule has 184 valence electrons. The summed E-state index contributed by atoms with van der Waals surface area (Å²) in [5, 5.41) is 10.9. The Morgan fingerprint density at radius 1 is 1.30 bits per heavy atom. The molecule has 1 saturated heterocycles. The Morgan fingerprint density at radius 3 is 2.70 bits per heavy atom. The molecule has 1 aliphatic carbocycles. The Labute approximate surface area is 208 Å². The number of amides is 1. The van der Waals surface area contributed by atoms with E-state index in [4.69, 9.17) is 27.9 Å². The van der Waals surface area contributed by atoms with E-state index in [1.54, 1.807) is 0 Å². The number of hydrogen-bond acceptors (Lipinski definition) is 4. The number of hydrogen-bond donors (Lipinski definition) is 1. The molecule has 2 fully saturated rings. The maximum Gasteiger partial charge on any atom is 0.227 e. The van der Waals surface area contributed by atoms with Crippen LogP contribution in [0.15, 0.2) is 12.8 Å². The molecule has 1 aromatic heterocycles. The molecule has 0 spiro atoms. The second-order valence-electron chi connectivity index (χ2n) is 10.3. The van der Waals surface area contributed by atoms with E-state index in [2.05, 4.69) is 18.5 Å². The third-order valence-electron chi connectivity index (χ3n) is 7.51. The molecule has 1 amide bonds. The minimum absolute atomic E-state index is 0.0440. The molecule has 5 nitrogen and oxygen atoms in total. The quantitative estimate of drug-likeness (QED) is 0.438. The fourth-order valence-electron chi connectivity index (χ4n) is 5.77. The van der Waals surface area contributed by atoms with Gasteiger partial charge in [0.2, 0.25) is 5.91 Å². The number of rotatable bonds is 8. The fraction of sp³-hybridized carbons (Fsp3) is 0.692. The first-order valence-corrected chi connectivity index (χ1v) is 13.0. The normalized spacial score (nSPS) is 25.5. The first kappa shape index (κ1) is 26.3. The largest absolute Gasteiger partial charge is 0.492 e. The Morgan fingerprint density at radius 2 is 2.03 bits per heavy atom. The number of halogens is 2. The van der Waals surface area contributed by atoms with Crippen molar-refractivity contribution in [1.82, 2.24) is 9.88 Å². The van der Waals surface area contributed by atoms with E-state index in [1.165, 1.54) is 19.0 Å². The summed E-state index contributed by atoms with van der Waals surface area (Å²) in [4.78, 5) is 19.7. The average molecular weight is 498 g/mol. The van der Waals surface area contributed by atoms with Gasteiger partial charge in [0.25, 0.3) is 0 Å². The molecule has 33 heavy (non-hydrogen) atoms. The van der Waals surface area contributed by atoms with Crippen molar-refractivity contribution in [3.05, 3.63) is 34.1 Å². The van der Waals surface area contributed by atoms with E-state index in [0.717, 1.165) is 32.2 Å². The number of pyridine rings is 1. The van der Waals surface area contributed by atoms with Gasteiger partial charge in [0.15, 0.2) is 0 Å². The van der Waals surface area contributed by atoms with Crippen molar-refractivity contribution in [3.63, 3.8) is 0 Å². The van der Waals surface area contributed by atoms with Crippen molar-refractivity contribution in [2.75, 3.05) is 13.2 Å². The molecular formula is C26H38Cl2N2O3. The molecule has 0 aromatic carbocycles. The van der Waals surface area contributed by atoms with Crippen LogP contribution in [-0.2, 0) is 16.0 Å². The summed E-state index contributed by atoms with van der Waals surface area (Å²) in [6.07, 6.45) is 8.12. The topological polar surface area (TPSA) is 62.7 Å². The van der Waals surface area contributed by atoms with Gasteiger partial charge in [-0.3, -0.25) is 4.79 Å². The maximum atomic E-state index is 13.4.